The van der Waals surface area contributed by atoms with Crippen LogP contribution in [0, 0.1) is 51.2 Å². The first-order valence-electron chi connectivity index (χ1n) is 13.3. The molecule has 33 heavy (non-hydrogen) atoms. The first-order valence-corrected chi connectivity index (χ1v) is 13.3. The van der Waals surface area contributed by atoms with Crippen molar-refractivity contribution in [3.63, 3.8) is 0 Å². The molecule has 0 saturated heterocycles. The van der Waals surface area contributed by atoms with E-state index in [0.29, 0.717) is 11.8 Å². The highest BCUT2D eigenvalue weighted by molar-refractivity contribution is 5.75. The molecule has 0 spiro atoms. The first-order chi connectivity index (χ1) is 15.2. The molecule has 4 N–H and O–H groups in total. The molecule has 0 heterocycles. The van der Waals surface area contributed by atoms with Gasteiger partial charge in [-0.15, -0.1) is 0 Å². The van der Waals surface area contributed by atoms with Gasteiger partial charge in [-0.25, -0.2) is 0 Å². The van der Waals surface area contributed by atoms with Crippen LogP contribution in [0.2, 0.25) is 0 Å². The number of rotatable bonds is 1. The minimum atomic E-state index is -1.27. The van der Waals surface area contributed by atoms with E-state index in [4.69, 9.17) is 0 Å². The molecule has 0 radical (unpaired) electrons. The predicted octanol–water partition coefficient (Wildman–Crippen LogP) is 4.40. The fourth-order valence-electron chi connectivity index (χ4n) is 10.2. The van der Waals surface area contributed by atoms with Crippen LogP contribution in [0.15, 0.2) is 12.2 Å². The van der Waals surface area contributed by atoms with Gasteiger partial charge in [0.15, 0.2) is 0 Å². The number of aliphatic carboxylic acids is 1. The van der Waals surface area contributed by atoms with Crippen molar-refractivity contribution in [2.24, 2.45) is 51.2 Å². The van der Waals surface area contributed by atoms with E-state index < -0.39 is 34.6 Å². The maximum Gasteiger partial charge on any atom is 0.309 e. The van der Waals surface area contributed by atoms with Crippen molar-refractivity contribution in [3.05, 3.63) is 12.2 Å². The Morgan fingerprint density at radius 1 is 0.909 bits per heavy atom. The molecule has 0 aromatic heterocycles. The number of hydrogen-bond donors (Lipinski definition) is 4. The normalized spacial score (nSPS) is 60.2. The number of carboxylic acids is 1. The Labute approximate surface area is 198 Å². The minimum Gasteiger partial charge on any atom is -0.481 e. The number of carbonyl (C=O) groups is 1. The Bertz CT molecular complexity index is 866. The molecule has 5 heteroatoms. The van der Waals surface area contributed by atoms with Crippen LogP contribution in [0.3, 0.4) is 0 Å². The average molecular weight is 461 g/mol. The van der Waals surface area contributed by atoms with Crippen molar-refractivity contribution in [1.82, 2.24) is 0 Å². The van der Waals surface area contributed by atoms with Gasteiger partial charge in [-0.1, -0.05) is 39.8 Å². The summed E-state index contributed by atoms with van der Waals surface area (Å²) in [6.45, 7) is 10.9. The van der Waals surface area contributed by atoms with E-state index in [0.717, 1.165) is 44.9 Å². The summed E-state index contributed by atoms with van der Waals surface area (Å²) in [6, 6.07) is 0. The highest BCUT2D eigenvalue weighted by atomic mass is 16.4. The summed E-state index contributed by atoms with van der Waals surface area (Å²) >= 11 is 0. The molecule has 0 unspecified atom stereocenters. The zero-order valence-electron chi connectivity index (χ0n) is 21.1. The molecular weight excluding hydrogens is 416 g/mol. The lowest BCUT2D eigenvalue weighted by atomic mass is 9.33. The first kappa shape index (κ1) is 23.8. The summed E-state index contributed by atoms with van der Waals surface area (Å²) in [7, 11) is 0. The summed E-state index contributed by atoms with van der Waals surface area (Å²) in [5, 5.41) is 43.6. The summed E-state index contributed by atoms with van der Waals surface area (Å²) in [4.78, 5) is 12.6. The van der Waals surface area contributed by atoms with Crippen LogP contribution in [0.5, 0.6) is 0 Å². The van der Waals surface area contributed by atoms with E-state index in [1.807, 2.05) is 0 Å². The number of aliphatic hydroxyl groups excluding tert-OH is 2. The fraction of sp³-hybridized carbons (Fsp3) is 0.893. The second-order valence-corrected chi connectivity index (χ2v) is 13.6. The van der Waals surface area contributed by atoms with Crippen molar-refractivity contribution in [2.75, 3.05) is 0 Å². The zero-order valence-corrected chi connectivity index (χ0v) is 21.1. The van der Waals surface area contributed by atoms with Gasteiger partial charge < -0.3 is 20.4 Å². The van der Waals surface area contributed by atoms with Crippen LogP contribution in [-0.2, 0) is 4.79 Å². The van der Waals surface area contributed by atoms with E-state index in [-0.39, 0.29) is 35.0 Å². The highest BCUT2D eigenvalue weighted by Crippen LogP contribution is 2.74. The van der Waals surface area contributed by atoms with Gasteiger partial charge in [0, 0.05) is 17.8 Å². The zero-order chi connectivity index (χ0) is 24.2. The molecule has 5 aliphatic rings. The maximum atomic E-state index is 12.6. The minimum absolute atomic E-state index is 0.0529. The monoisotopic (exact) mass is 460 g/mol. The summed E-state index contributed by atoms with van der Waals surface area (Å²) < 4.78 is 0. The van der Waals surface area contributed by atoms with Gasteiger partial charge in [-0.05, 0) is 86.4 Å². The molecule has 5 rings (SSSR count). The van der Waals surface area contributed by atoms with Gasteiger partial charge in [0.2, 0.25) is 0 Å². The summed E-state index contributed by atoms with van der Waals surface area (Å²) in [5.41, 5.74) is -2.62. The third-order valence-corrected chi connectivity index (χ3v) is 12.5. The van der Waals surface area contributed by atoms with E-state index in [1.54, 1.807) is 6.92 Å². The summed E-state index contributed by atoms with van der Waals surface area (Å²) in [6.07, 6.45) is 9.32. The number of carboxylic acid groups (broad SMARTS) is 1. The Hall–Kier alpha value is -0.910. The lowest BCUT2D eigenvalue weighted by Crippen LogP contribution is -2.70. The van der Waals surface area contributed by atoms with Gasteiger partial charge in [0.25, 0.3) is 0 Å². The standard InChI is InChI=1S/C28H44O5/c1-16-8-11-28(23(31)32)13-12-24(2)17(18(28)14-16)6-7-19-25(24,3)10-9-20-26(19,4)21(29)15-22(30)27(20,5)33/h9-10,16-22,29-30,33H,6-8,11-15H2,1-5H3,(H,31,32)/t16-,17+,18+,19+,20-,21+,22+,24-,25-,26-,27-,28+/m1/s1. The smallest absolute Gasteiger partial charge is 0.309 e. The van der Waals surface area contributed by atoms with Gasteiger partial charge in [0.1, 0.15) is 0 Å². The van der Waals surface area contributed by atoms with Crippen LogP contribution < -0.4 is 0 Å². The Morgan fingerprint density at radius 2 is 1.61 bits per heavy atom. The van der Waals surface area contributed by atoms with Crippen molar-refractivity contribution >= 4 is 5.97 Å². The van der Waals surface area contributed by atoms with Crippen LogP contribution in [0.25, 0.3) is 0 Å². The largest absolute Gasteiger partial charge is 0.481 e. The third-order valence-electron chi connectivity index (χ3n) is 12.5. The van der Waals surface area contributed by atoms with Crippen molar-refractivity contribution in [3.8, 4) is 0 Å². The maximum absolute atomic E-state index is 12.6. The van der Waals surface area contributed by atoms with Crippen molar-refractivity contribution < 1.29 is 25.2 Å². The fourth-order valence-corrected chi connectivity index (χ4v) is 10.2. The molecule has 4 saturated carbocycles. The molecular formula is C28H44O5. The average Bonchev–Trinajstić information content (AvgIpc) is 2.73. The topological polar surface area (TPSA) is 98.0 Å². The van der Waals surface area contributed by atoms with Gasteiger partial charge >= 0.3 is 5.97 Å². The van der Waals surface area contributed by atoms with Crippen LogP contribution in [0.4, 0.5) is 0 Å². The van der Waals surface area contributed by atoms with Crippen molar-refractivity contribution in [2.45, 2.75) is 104 Å². The number of allylic oxidation sites excluding steroid dienone is 1. The highest BCUT2D eigenvalue weighted by Gasteiger charge is 2.71. The molecule has 5 nitrogen and oxygen atoms in total. The molecule has 0 aromatic rings. The molecule has 12 atom stereocenters. The Kier molecular flexibility index (Phi) is 5.10. The quantitative estimate of drug-likeness (QED) is 0.435. The van der Waals surface area contributed by atoms with Crippen LogP contribution >= 0.6 is 0 Å². The molecule has 0 bridgehead atoms. The van der Waals surface area contributed by atoms with E-state index in [2.05, 4.69) is 39.8 Å². The second-order valence-electron chi connectivity index (χ2n) is 13.6. The lowest BCUT2D eigenvalue weighted by Gasteiger charge is -2.71. The molecule has 0 aliphatic heterocycles. The molecule has 4 fully saturated rings. The van der Waals surface area contributed by atoms with Crippen molar-refractivity contribution in [1.29, 1.82) is 0 Å². The summed E-state index contributed by atoms with van der Waals surface area (Å²) in [5.74, 6) is 0.397. The van der Waals surface area contributed by atoms with Crippen LogP contribution in [0.1, 0.15) is 86.0 Å². The molecule has 0 amide bonds. The molecule has 0 aromatic carbocycles. The van der Waals surface area contributed by atoms with Gasteiger partial charge in [-0.3, -0.25) is 4.79 Å². The number of hydrogen-bond acceptors (Lipinski definition) is 4. The molecule has 5 aliphatic carbocycles. The van der Waals surface area contributed by atoms with Gasteiger partial charge in [-0.2, -0.15) is 0 Å². The van der Waals surface area contributed by atoms with Gasteiger partial charge in [0.05, 0.1) is 23.2 Å². The Morgan fingerprint density at radius 3 is 2.27 bits per heavy atom. The lowest BCUT2D eigenvalue weighted by molar-refractivity contribution is -0.255. The SMILES string of the molecule is C[C@@H]1CC[C@]2(C(=O)O)CC[C@]3(C)[C@@H](CC[C@@H]4[C@@]5(C)[C@@H](O)C[C@H](O)[C@](C)(O)[C@@H]5C=C[C@]43C)[C@@H]2C1. The molecule has 186 valence electrons. The number of fused-ring (bicyclic) bond motifs is 7. The third kappa shape index (κ3) is 2.73. The van der Waals surface area contributed by atoms with E-state index >= 15 is 0 Å². The van der Waals surface area contributed by atoms with Crippen LogP contribution in [-0.4, -0.2) is 44.2 Å². The number of aliphatic hydroxyl groups is 3. The Balaban J connectivity index is 1.60. The second kappa shape index (κ2) is 7.07. The van der Waals surface area contributed by atoms with E-state index in [1.165, 1.54) is 0 Å². The van der Waals surface area contributed by atoms with E-state index in [9.17, 15) is 25.2 Å². The predicted molar refractivity (Wildman–Crippen MR) is 126 cm³/mol.